The van der Waals surface area contributed by atoms with Crippen LogP contribution >= 0.6 is 11.6 Å². The number of amidine groups is 1. The van der Waals surface area contributed by atoms with Gasteiger partial charge in [0.15, 0.2) is 0 Å². The molecule has 164 valence electrons. The Labute approximate surface area is 191 Å². The van der Waals surface area contributed by atoms with Crippen molar-refractivity contribution in [2.24, 2.45) is 10.4 Å². The lowest BCUT2D eigenvalue weighted by atomic mass is 9.66. The lowest BCUT2D eigenvalue weighted by molar-refractivity contribution is 0.0720. The van der Waals surface area contributed by atoms with Gasteiger partial charge >= 0.3 is 0 Å². The summed E-state index contributed by atoms with van der Waals surface area (Å²) in [7, 11) is 2.24. The highest BCUT2D eigenvalue weighted by Crippen LogP contribution is 2.46. The second-order valence-electron chi connectivity index (χ2n) is 9.60. The molecule has 3 aliphatic rings. The minimum Gasteiger partial charge on any atom is -0.343 e. The molecule has 0 aromatic heterocycles. The fourth-order valence-electron chi connectivity index (χ4n) is 5.64. The van der Waals surface area contributed by atoms with Crippen molar-refractivity contribution in [3.63, 3.8) is 0 Å². The third-order valence-corrected chi connectivity index (χ3v) is 7.81. The number of benzene rings is 2. The van der Waals surface area contributed by atoms with Crippen LogP contribution in [0.1, 0.15) is 36.8 Å². The van der Waals surface area contributed by atoms with E-state index in [2.05, 4.69) is 52.5 Å². The number of likely N-dealkylation sites (N-methyl/N-ethyl adjacent to an activating group) is 1. The standard InChI is InChI=1S/C26H33ClN4/c1-30-13-15-31(16-14-30)23-9-11-26(12-10-23)18-21-6-2-3-8-24(21)29-25(26)28-19-20-5-4-7-22(27)17-20/h2-8,17,23H,9-16,18-19H2,1H3,(H,28,29). The van der Waals surface area contributed by atoms with Crippen LogP contribution in [0.4, 0.5) is 5.69 Å². The molecule has 31 heavy (non-hydrogen) atoms. The molecule has 2 aromatic carbocycles. The molecule has 1 saturated carbocycles. The van der Waals surface area contributed by atoms with Crippen molar-refractivity contribution in [1.82, 2.24) is 9.80 Å². The van der Waals surface area contributed by atoms with E-state index in [-0.39, 0.29) is 5.41 Å². The SMILES string of the molecule is CN1CCN(C2CCC3(CC2)Cc2ccccc2NC3=NCc2cccc(Cl)c2)CC1. The topological polar surface area (TPSA) is 30.9 Å². The third-order valence-electron chi connectivity index (χ3n) is 7.58. The highest BCUT2D eigenvalue weighted by atomic mass is 35.5. The van der Waals surface area contributed by atoms with Crippen molar-refractivity contribution >= 4 is 23.1 Å². The van der Waals surface area contributed by atoms with E-state index in [0.717, 1.165) is 17.5 Å². The van der Waals surface area contributed by atoms with Crippen molar-refractivity contribution in [2.75, 3.05) is 38.5 Å². The van der Waals surface area contributed by atoms with E-state index in [1.165, 1.54) is 74.5 Å². The van der Waals surface area contributed by atoms with Crippen LogP contribution in [0.5, 0.6) is 0 Å². The first kappa shape index (κ1) is 21.0. The number of rotatable bonds is 3. The van der Waals surface area contributed by atoms with Gasteiger partial charge in [-0.25, -0.2) is 0 Å². The Bertz CT molecular complexity index is 940. The van der Waals surface area contributed by atoms with Crippen LogP contribution in [0.2, 0.25) is 5.02 Å². The van der Waals surface area contributed by atoms with E-state index in [4.69, 9.17) is 16.6 Å². The summed E-state index contributed by atoms with van der Waals surface area (Å²) in [4.78, 5) is 10.3. The number of halogens is 1. The zero-order valence-corrected chi connectivity index (χ0v) is 19.2. The third kappa shape index (κ3) is 4.52. The van der Waals surface area contributed by atoms with E-state index in [1.807, 2.05) is 18.2 Å². The molecule has 1 spiro atoms. The summed E-state index contributed by atoms with van der Waals surface area (Å²) >= 11 is 6.20. The Morgan fingerprint density at radius 2 is 1.81 bits per heavy atom. The van der Waals surface area contributed by atoms with Gasteiger partial charge in [-0.15, -0.1) is 0 Å². The fraction of sp³-hybridized carbons (Fsp3) is 0.500. The maximum Gasteiger partial charge on any atom is 0.108 e. The molecule has 2 aliphatic heterocycles. The van der Waals surface area contributed by atoms with Gasteiger partial charge in [0.05, 0.1) is 6.54 Å². The lowest BCUT2D eigenvalue weighted by Crippen LogP contribution is -2.52. The summed E-state index contributed by atoms with van der Waals surface area (Å²) in [5.41, 5.74) is 3.96. The normalized spacial score (nSPS) is 28.5. The zero-order chi connectivity index (χ0) is 21.3. The maximum atomic E-state index is 6.20. The van der Waals surface area contributed by atoms with Crippen molar-refractivity contribution in [1.29, 1.82) is 0 Å². The largest absolute Gasteiger partial charge is 0.343 e. The Balaban J connectivity index is 1.36. The summed E-state index contributed by atoms with van der Waals surface area (Å²) in [5, 5.41) is 4.52. The van der Waals surface area contributed by atoms with Gasteiger partial charge in [-0.2, -0.15) is 0 Å². The minimum atomic E-state index is 0.135. The number of aliphatic imine (C=N–C) groups is 1. The van der Waals surface area contributed by atoms with Gasteiger partial charge in [-0.3, -0.25) is 9.89 Å². The summed E-state index contributed by atoms with van der Waals surface area (Å²) < 4.78 is 0. The molecule has 5 rings (SSSR count). The van der Waals surface area contributed by atoms with Crippen molar-refractivity contribution in [3.05, 3.63) is 64.7 Å². The number of para-hydroxylation sites is 1. The summed E-state index contributed by atoms with van der Waals surface area (Å²) in [6.07, 6.45) is 6.05. The Kier molecular flexibility index (Phi) is 6.05. The van der Waals surface area contributed by atoms with Crippen molar-refractivity contribution in [3.8, 4) is 0 Å². The van der Waals surface area contributed by atoms with Gasteiger partial charge in [0.25, 0.3) is 0 Å². The zero-order valence-electron chi connectivity index (χ0n) is 18.5. The molecule has 0 atom stereocenters. The maximum absolute atomic E-state index is 6.20. The molecule has 4 nitrogen and oxygen atoms in total. The first-order valence-corrected chi connectivity index (χ1v) is 12.1. The Hall–Kier alpha value is -1.88. The molecular formula is C26H33ClN4. The van der Waals surface area contributed by atoms with E-state index in [0.29, 0.717) is 6.54 Å². The second-order valence-corrected chi connectivity index (χ2v) is 10.0. The number of piperazine rings is 1. The molecule has 1 saturated heterocycles. The molecule has 1 N–H and O–H groups in total. The number of hydrogen-bond donors (Lipinski definition) is 1. The van der Waals surface area contributed by atoms with Gasteiger partial charge in [0.1, 0.15) is 5.84 Å². The van der Waals surface area contributed by atoms with Crippen LogP contribution in [-0.4, -0.2) is 54.9 Å². The molecular weight excluding hydrogens is 404 g/mol. The number of anilines is 1. The number of hydrogen-bond acceptors (Lipinski definition) is 3. The fourth-order valence-corrected chi connectivity index (χ4v) is 5.85. The monoisotopic (exact) mass is 436 g/mol. The lowest BCUT2D eigenvalue weighted by Gasteiger charge is -2.48. The number of nitrogens with one attached hydrogen (secondary N) is 1. The second kappa shape index (κ2) is 8.93. The molecule has 5 heteroatoms. The van der Waals surface area contributed by atoms with Gasteiger partial charge < -0.3 is 10.2 Å². The van der Waals surface area contributed by atoms with E-state index >= 15 is 0 Å². The predicted molar refractivity (Wildman–Crippen MR) is 130 cm³/mol. The minimum absolute atomic E-state index is 0.135. The summed E-state index contributed by atoms with van der Waals surface area (Å²) in [6.45, 7) is 5.50. The van der Waals surface area contributed by atoms with Crippen LogP contribution < -0.4 is 5.32 Å². The highest BCUT2D eigenvalue weighted by Gasteiger charge is 2.44. The van der Waals surface area contributed by atoms with Crippen LogP contribution in [0.3, 0.4) is 0 Å². The van der Waals surface area contributed by atoms with Crippen LogP contribution in [-0.2, 0) is 13.0 Å². The number of fused-ring (bicyclic) bond motifs is 1. The van der Waals surface area contributed by atoms with Crippen LogP contribution in [0.25, 0.3) is 0 Å². The molecule has 2 heterocycles. The molecule has 2 aromatic rings. The van der Waals surface area contributed by atoms with E-state index in [9.17, 15) is 0 Å². The summed E-state index contributed by atoms with van der Waals surface area (Å²) in [6, 6.07) is 17.6. The first-order valence-electron chi connectivity index (χ1n) is 11.7. The van der Waals surface area contributed by atoms with Gasteiger partial charge in [0, 0.05) is 48.3 Å². The van der Waals surface area contributed by atoms with E-state index < -0.39 is 0 Å². The highest BCUT2D eigenvalue weighted by molar-refractivity contribution is 6.30. The molecule has 0 unspecified atom stereocenters. The van der Waals surface area contributed by atoms with Crippen molar-refractivity contribution < 1.29 is 0 Å². The van der Waals surface area contributed by atoms with Crippen LogP contribution in [0.15, 0.2) is 53.5 Å². The predicted octanol–water partition coefficient (Wildman–Crippen LogP) is 5.08. The quantitative estimate of drug-likeness (QED) is 0.727. The van der Waals surface area contributed by atoms with Gasteiger partial charge in [-0.1, -0.05) is 41.9 Å². The molecule has 1 aliphatic carbocycles. The first-order chi connectivity index (χ1) is 15.1. The van der Waals surface area contributed by atoms with Gasteiger partial charge in [0.2, 0.25) is 0 Å². The van der Waals surface area contributed by atoms with Crippen molar-refractivity contribution in [2.45, 2.75) is 44.7 Å². The van der Waals surface area contributed by atoms with Crippen LogP contribution in [0, 0.1) is 5.41 Å². The van der Waals surface area contributed by atoms with E-state index in [1.54, 1.807) is 0 Å². The average molecular weight is 437 g/mol. The molecule has 0 amide bonds. The van der Waals surface area contributed by atoms with Gasteiger partial charge in [-0.05, 0) is 68.5 Å². The summed E-state index contributed by atoms with van der Waals surface area (Å²) in [5.74, 6) is 1.18. The Morgan fingerprint density at radius 1 is 1.03 bits per heavy atom. The molecule has 2 fully saturated rings. The Morgan fingerprint density at radius 3 is 2.58 bits per heavy atom. The molecule has 0 bridgehead atoms. The smallest absolute Gasteiger partial charge is 0.108 e. The number of nitrogens with zero attached hydrogens (tertiary/aromatic N) is 3. The molecule has 0 radical (unpaired) electrons. The average Bonchev–Trinajstić information content (AvgIpc) is 2.79.